The summed E-state index contributed by atoms with van der Waals surface area (Å²) in [7, 11) is 0. The van der Waals surface area contributed by atoms with Crippen molar-refractivity contribution in [2.24, 2.45) is 0 Å². The van der Waals surface area contributed by atoms with E-state index in [4.69, 9.17) is 5.11 Å². The maximum Gasteiger partial charge on any atom is 0.0681 e. The molecule has 0 amide bonds. The number of aliphatic hydroxyl groups excluding tert-OH is 1. The molecule has 0 bridgehead atoms. The van der Waals surface area contributed by atoms with Crippen LogP contribution in [-0.2, 0) is 13.2 Å². The second kappa shape index (κ2) is 5.96. The zero-order chi connectivity index (χ0) is 12.1. The van der Waals surface area contributed by atoms with Crippen LogP contribution in [0.2, 0.25) is 0 Å². The van der Waals surface area contributed by atoms with Crippen molar-refractivity contribution >= 4 is 11.3 Å². The van der Waals surface area contributed by atoms with Gasteiger partial charge in [0.2, 0.25) is 0 Å². The van der Waals surface area contributed by atoms with Crippen molar-refractivity contribution in [3.8, 4) is 0 Å². The van der Waals surface area contributed by atoms with Gasteiger partial charge >= 0.3 is 0 Å². The van der Waals surface area contributed by atoms with E-state index in [-0.39, 0.29) is 6.61 Å². The molecule has 2 aromatic rings. The molecular weight excluding hydrogens is 230 g/mol. The minimum atomic E-state index is 0.110. The lowest BCUT2D eigenvalue weighted by molar-refractivity contribution is 0.282. The van der Waals surface area contributed by atoms with Crippen LogP contribution >= 0.6 is 11.3 Å². The normalized spacial score (nSPS) is 12.6. The maximum atomic E-state index is 8.96. The summed E-state index contributed by atoms with van der Waals surface area (Å²) in [5, 5.41) is 14.5. The van der Waals surface area contributed by atoms with E-state index < -0.39 is 0 Å². The Hall–Kier alpha value is -1.16. The molecule has 1 aromatic heterocycles. The lowest BCUT2D eigenvalue weighted by Crippen LogP contribution is -2.17. The van der Waals surface area contributed by atoms with Crippen molar-refractivity contribution in [1.29, 1.82) is 0 Å². The van der Waals surface area contributed by atoms with E-state index >= 15 is 0 Å². The zero-order valence-electron chi connectivity index (χ0n) is 9.89. The molecule has 3 heteroatoms. The molecule has 1 unspecified atom stereocenters. The van der Waals surface area contributed by atoms with E-state index in [0.717, 1.165) is 12.1 Å². The van der Waals surface area contributed by atoms with Gasteiger partial charge < -0.3 is 10.4 Å². The zero-order valence-corrected chi connectivity index (χ0v) is 10.7. The molecule has 2 nitrogen and oxygen atoms in total. The van der Waals surface area contributed by atoms with E-state index in [2.05, 4.69) is 41.9 Å². The summed E-state index contributed by atoms with van der Waals surface area (Å²) in [6, 6.07) is 12.7. The standard InChI is InChI=1S/C14H17NOS/c1-11(14-3-2-8-17-14)15-9-12-4-6-13(10-16)7-5-12/h2-8,11,15-16H,9-10H2,1H3. The van der Waals surface area contributed by atoms with Crippen molar-refractivity contribution in [3.05, 3.63) is 57.8 Å². The fourth-order valence-electron chi connectivity index (χ4n) is 1.67. The lowest BCUT2D eigenvalue weighted by Gasteiger charge is -2.12. The first-order valence-electron chi connectivity index (χ1n) is 5.75. The van der Waals surface area contributed by atoms with Crippen LogP contribution in [0.1, 0.15) is 29.0 Å². The van der Waals surface area contributed by atoms with Crippen molar-refractivity contribution in [2.75, 3.05) is 0 Å². The van der Waals surface area contributed by atoms with Gasteiger partial charge in [0, 0.05) is 17.5 Å². The highest BCUT2D eigenvalue weighted by Crippen LogP contribution is 2.18. The summed E-state index contributed by atoms with van der Waals surface area (Å²) in [6.07, 6.45) is 0. The van der Waals surface area contributed by atoms with Crippen LogP contribution < -0.4 is 5.32 Å². The summed E-state index contributed by atoms with van der Waals surface area (Å²) in [4.78, 5) is 1.36. The van der Waals surface area contributed by atoms with Gasteiger partial charge in [0.1, 0.15) is 0 Å². The van der Waals surface area contributed by atoms with Gasteiger partial charge in [0.15, 0.2) is 0 Å². The Balaban J connectivity index is 1.89. The van der Waals surface area contributed by atoms with Crippen molar-refractivity contribution in [1.82, 2.24) is 5.32 Å². The highest BCUT2D eigenvalue weighted by atomic mass is 32.1. The summed E-state index contributed by atoms with van der Waals surface area (Å²) < 4.78 is 0. The average molecular weight is 247 g/mol. The van der Waals surface area contributed by atoms with Gasteiger partial charge in [0.05, 0.1) is 6.61 Å². The average Bonchev–Trinajstić information content (AvgIpc) is 2.90. The molecule has 0 spiro atoms. The number of aliphatic hydroxyl groups is 1. The smallest absolute Gasteiger partial charge is 0.0681 e. The van der Waals surface area contributed by atoms with Crippen molar-refractivity contribution < 1.29 is 5.11 Å². The van der Waals surface area contributed by atoms with Crippen LogP contribution in [-0.4, -0.2) is 5.11 Å². The number of hydrogen-bond donors (Lipinski definition) is 2. The maximum absolute atomic E-state index is 8.96. The molecule has 1 heterocycles. The summed E-state index contributed by atoms with van der Waals surface area (Å²) >= 11 is 1.78. The topological polar surface area (TPSA) is 32.3 Å². The Kier molecular flexibility index (Phi) is 4.31. The summed E-state index contributed by atoms with van der Waals surface area (Å²) in [5.74, 6) is 0. The molecule has 0 aliphatic carbocycles. The monoisotopic (exact) mass is 247 g/mol. The Labute approximate surface area is 106 Å². The van der Waals surface area contributed by atoms with Crippen LogP contribution in [0.25, 0.3) is 0 Å². The number of benzene rings is 1. The highest BCUT2D eigenvalue weighted by Gasteiger charge is 2.05. The van der Waals surface area contributed by atoms with Gasteiger partial charge in [-0.15, -0.1) is 11.3 Å². The van der Waals surface area contributed by atoms with Gasteiger partial charge in [-0.1, -0.05) is 30.3 Å². The van der Waals surface area contributed by atoms with Crippen LogP contribution in [0.15, 0.2) is 41.8 Å². The molecule has 17 heavy (non-hydrogen) atoms. The largest absolute Gasteiger partial charge is 0.392 e. The van der Waals surface area contributed by atoms with Crippen molar-refractivity contribution in [3.63, 3.8) is 0 Å². The van der Waals surface area contributed by atoms with Gasteiger partial charge in [-0.05, 0) is 29.5 Å². The third-order valence-electron chi connectivity index (χ3n) is 2.79. The molecule has 0 fully saturated rings. The lowest BCUT2D eigenvalue weighted by atomic mass is 10.1. The van der Waals surface area contributed by atoms with Gasteiger partial charge in [-0.2, -0.15) is 0 Å². The first kappa shape index (κ1) is 12.3. The van der Waals surface area contributed by atoms with Crippen LogP contribution in [0.3, 0.4) is 0 Å². The van der Waals surface area contributed by atoms with Crippen molar-refractivity contribution in [2.45, 2.75) is 26.1 Å². The molecular formula is C14H17NOS. The van der Waals surface area contributed by atoms with Crippen LogP contribution in [0, 0.1) is 0 Å². The number of hydrogen-bond acceptors (Lipinski definition) is 3. The molecule has 0 aliphatic heterocycles. The van der Waals surface area contributed by atoms with E-state index in [1.54, 1.807) is 11.3 Å². The predicted octanol–water partition coefficient (Wildman–Crippen LogP) is 3.09. The molecule has 0 saturated heterocycles. The molecule has 0 radical (unpaired) electrons. The number of rotatable bonds is 5. The van der Waals surface area contributed by atoms with E-state index in [1.165, 1.54) is 10.4 Å². The van der Waals surface area contributed by atoms with E-state index in [1.807, 2.05) is 12.1 Å². The highest BCUT2D eigenvalue weighted by molar-refractivity contribution is 7.10. The predicted molar refractivity (Wildman–Crippen MR) is 71.9 cm³/mol. The Morgan fingerprint density at radius 1 is 1.18 bits per heavy atom. The quantitative estimate of drug-likeness (QED) is 0.851. The van der Waals surface area contributed by atoms with Gasteiger partial charge in [-0.3, -0.25) is 0 Å². The molecule has 90 valence electrons. The third-order valence-corrected chi connectivity index (χ3v) is 3.84. The summed E-state index contributed by atoms with van der Waals surface area (Å²) in [5.41, 5.74) is 2.20. The minimum absolute atomic E-state index is 0.110. The molecule has 2 N–H and O–H groups in total. The first-order chi connectivity index (χ1) is 8.29. The van der Waals surface area contributed by atoms with Gasteiger partial charge in [0.25, 0.3) is 0 Å². The van der Waals surface area contributed by atoms with Crippen LogP contribution in [0.4, 0.5) is 0 Å². The van der Waals surface area contributed by atoms with Crippen LogP contribution in [0.5, 0.6) is 0 Å². The Morgan fingerprint density at radius 2 is 1.88 bits per heavy atom. The third kappa shape index (κ3) is 3.40. The van der Waals surface area contributed by atoms with E-state index in [0.29, 0.717) is 6.04 Å². The molecule has 0 saturated carbocycles. The minimum Gasteiger partial charge on any atom is -0.392 e. The van der Waals surface area contributed by atoms with Gasteiger partial charge in [-0.25, -0.2) is 0 Å². The molecule has 1 aromatic carbocycles. The Morgan fingerprint density at radius 3 is 2.47 bits per heavy atom. The fourth-order valence-corrected chi connectivity index (χ4v) is 2.43. The molecule has 2 rings (SSSR count). The number of nitrogens with one attached hydrogen (secondary N) is 1. The fraction of sp³-hybridized carbons (Fsp3) is 0.286. The number of thiophene rings is 1. The molecule has 0 aliphatic rings. The molecule has 1 atom stereocenters. The second-order valence-electron chi connectivity index (χ2n) is 4.09. The summed E-state index contributed by atoms with van der Waals surface area (Å²) in [6.45, 7) is 3.14. The second-order valence-corrected chi connectivity index (χ2v) is 5.07. The van der Waals surface area contributed by atoms with E-state index in [9.17, 15) is 0 Å². The first-order valence-corrected chi connectivity index (χ1v) is 6.63. The SMILES string of the molecule is CC(NCc1ccc(CO)cc1)c1cccs1. The Bertz CT molecular complexity index is 436.